The number of hydrogen-bond donors (Lipinski definition) is 1. The Morgan fingerprint density at radius 2 is 1.70 bits per heavy atom. The van der Waals surface area contributed by atoms with Crippen LogP contribution in [0.4, 0.5) is 0 Å². The fourth-order valence-electron chi connectivity index (χ4n) is 2.07. The summed E-state index contributed by atoms with van der Waals surface area (Å²) >= 11 is 0. The molecular weight excluding hydrogens is 254 g/mol. The maximum atomic E-state index is 10.7. The summed E-state index contributed by atoms with van der Waals surface area (Å²) in [5, 5.41) is 10.7. The summed E-state index contributed by atoms with van der Waals surface area (Å²) in [7, 11) is 3.21. The lowest BCUT2D eigenvalue weighted by molar-refractivity contribution is 0.0570. The van der Waals surface area contributed by atoms with E-state index in [4.69, 9.17) is 9.47 Å². The molecule has 2 rings (SSSR count). The summed E-state index contributed by atoms with van der Waals surface area (Å²) in [6, 6.07) is 9.46. The van der Waals surface area contributed by atoms with E-state index in [1.807, 2.05) is 24.3 Å². The average Bonchev–Trinajstić information content (AvgIpc) is 2.48. The van der Waals surface area contributed by atoms with E-state index >= 15 is 0 Å². The van der Waals surface area contributed by atoms with E-state index in [1.54, 1.807) is 39.6 Å². The van der Waals surface area contributed by atoms with Crippen molar-refractivity contribution >= 4 is 0 Å². The van der Waals surface area contributed by atoms with E-state index in [0.29, 0.717) is 12.2 Å². The first-order chi connectivity index (χ1) is 9.55. The van der Waals surface area contributed by atoms with Crippen LogP contribution in [0.3, 0.4) is 0 Å². The van der Waals surface area contributed by atoms with Crippen LogP contribution in [0.25, 0.3) is 0 Å². The van der Waals surface area contributed by atoms with E-state index in [2.05, 4.69) is 4.98 Å². The van der Waals surface area contributed by atoms with Crippen molar-refractivity contribution in [3.63, 3.8) is 0 Å². The van der Waals surface area contributed by atoms with Gasteiger partial charge in [-0.1, -0.05) is 12.1 Å². The number of ether oxygens (including phenoxy) is 2. The Morgan fingerprint density at radius 1 is 1.05 bits per heavy atom. The Balaban J connectivity index is 2.20. The van der Waals surface area contributed by atoms with E-state index in [0.717, 1.165) is 16.9 Å². The van der Waals surface area contributed by atoms with Gasteiger partial charge in [0.25, 0.3) is 0 Å². The maximum Gasteiger partial charge on any atom is 0.137 e. The zero-order chi connectivity index (χ0) is 14.6. The number of nitrogens with zero attached hydrogens (tertiary/aromatic N) is 1. The third-order valence-corrected chi connectivity index (χ3v) is 3.28. The number of pyridine rings is 1. The number of rotatable bonds is 5. The molecule has 1 heterocycles. The molecule has 0 fully saturated rings. The Hall–Kier alpha value is -2.07. The lowest BCUT2D eigenvalue weighted by Gasteiger charge is -2.24. The Morgan fingerprint density at radius 3 is 2.30 bits per heavy atom. The first kappa shape index (κ1) is 14.3. The van der Waals surface area contributed by atoms with Gasteiger partial charge in [-0.05, 0) is 30.7 Å². The standard InChI is InChI=1S/C16H19NO3/c1-16(18,13-8-15(20-3)11-17-10-13)9-12-4-6-14(19-2)7-5-12/h4-8,10-11,18H,9H2,1-3H3. The van der Waals surface area contributed by atoms with Gasteiger partial charge in [-0.2, -0.15) is 0 Å². The fraction of sp³-hybridized carbons (Fsp3) is 0.312. The second-order valence-corrected chi connectivity index (χ2v) is 4.91. The van der Waals surface area contributed by atoms with Gasteiger partial charge in [0.15, 0.2) is 0 Å². The molecule has 0 aliphatic carbocycles. The van der Waals surface area contributed by atoms with Crippen molar-refractivity contribution in [2.24, 2.45) is 0 Å². The van der Waals surface area contributed by atoms with Crippen LogP contribution < -0.4 is 9.47 Å². The maximum absolute atomic E-state index is 10.7. The van der Waals surface area contributed by atoms with E-state index in [-0.39, 0.29) is 0 Å². The molecule has 0 amide bonds. The minimum Gasteiger partial charge on any atom is -0.497 e. The lowest BCUT2D eigenvalue weighted by atomic mass is 9.90. The molecular formula is C16H19NO3. The highest BCUT2D eigenvalue weighted by Gasteiger charge is 2.24. The topological polar surface area (TPSA) is 51.6 Å². The molecule has 0 saturated heterocycles. The van der Waals surface area contributed by atoms with Crippen molar-refractivity contribution in [1.29, 1.82) is 0 Å². The first-order valence-corrected chi connectivity index (χ1v) is 6.40. The van der Waals surface area contributed by atoms with Crippen molar-refractivity contribution in [1.82, 2.24) is 4.98 Å². The summed E-state index contributed by atoms with van der Waals surface area (Å²) in [6.45, 7) is 1.77. The van der Waals surface area contributed by atoms with Gasteiger partial charge < -0.3 is 14.6 Å². The normalized spacial score (nSPS) is 13.6. The lowest BCUT2D eigenvalue weighted by Crippen LogP contribution is -2.24. The molecule has 0 bridgehead atoms. The van der Waals surface area contributed by atoms with Gasteiger partial charge >= 0.3 is 0 Å². The summed E-state index contributed by atoms with van der Waals surface area (Å²) in [4.78, 5) is 4.09. The summed E-state index contributed by atoms with van der Waals surface area (Å²) in [6.07, 6.45) is 3.77. The van der Waals surface area contributed by atoms with Gasteiger partial charge in [0.05, 0.1) is 26.0 Å². The minimum atomic E-state index is -1.00. The van der Waals surface area contributed by atoms with Crippen LogP contribution in [-0.2, 0) is 12.0 Å². The third-order valence-electron chi connectivity index (χ3n) is 3.28. The van der Waals surface area contributed by atoms with Crippen LogP contribution in [0.1, 0.15) is 18.1 Å². The SMILES string of the molecule is COc1ccc(CC(C)(O)c2cncc(OC)c2)cc1. The molecule has 0 aliphatic heterocycles. The van der Waals surface area contributed by atoms with Crippen molar-refractivity contribution in [3.8, 4) is 11.5 Å². The molecule has 1 atom stereocenters. The van der Waals surface area contributed by atoms with Crippen LogP contribution in [0.5, 0.6) is 11.5 Å². The van der Waals surface area contributed by atoms with E-state index < -0.39 is 5.60 Å². The first-order valence-electron chi connectivity index (χ1n) is 6.40. The summed E-state index contributed by atoms with van der Waals surface area (Å²) < 4.78 is 10.3. The zero-order valence-corrected chi connectivity index (χ0v) is 12.0. The van der Waals surface area contributed by atoms with Gasteiger partial charge in [0.2, 0.25) is 0 Å². The minimum absolute atomic E-state index is 0.492. The Bertz CT molecular complexity index is 564. The predicted octanol–water partition coefficient (Wildman–Crippen LogP) is 2.55. The molecule has 0 saturated carbocycles. The monoisotopic (exact) mass is 273 g/mol. The molecule has 1 unspecified atom stereocenters. The number of aliphatic hydroxyl groups is 1. The molecule has 4 nitrogen and oxygen atoms in total. The fourth-order valence-corrected chi connectivity index (χ4v) is 2.07. The highest BCUT2D eigenvalue weighted by molar-refractivity contribution is 5.32. The molecule has 1 N–H and O–H groups in total. The van der Waals surface area contributed by atoms with Crippen molar-refractivity contribution in [2.45, 2.75) is 18.9 Å². The average molecular weight is 273 g/mol. The van der Waals surface area contributed by atoms with E-state index in [1.165, 1.54) is 0 Å². The van der Waals surface area contributed by atoms with Crippen LogP contribution >= 0.6 is 0 Å². The smallest absolute Gasteiger partial charge is 0.137 e. The summed E-state index contributed by atoms with van der Waals surface area (Å²) in [5.41, 5.74) is 0.752. The van der Waals surface area contributed by atoms with Crippen molar-refractivity contribution in [2.75, 3.05) is 14.2 Å². The molecule has 0 spiro atoms. The van der Waals surface area contributed by atoms with Gasteiger partial charge in [-0.3, -0.25) is 4.98 Å². The molecule has 1 aromatic carbocycles. The highest BCUT2D eigenvalue weighted by Crippen LogP contribution is 2.27. The molecule has 0 aliphatic rings. The third kappa shape index (κ3) is 3.27. The quantitative estimate of drug-likeness (QED) is 0.909. The van der Waals surface area contributed by atoms with Crippen molar-refractivity contribution in [3.05, 3.63) is 53.9 Å². The molecule has 20 heavy (non-hydrogen) atoms. The highest BCUT2D eigenvalue weighted by atomic mass is 16.5. The zero-order valence-electron chi connectivity index (χ0n) is 12.0. The number of aromatic nitrogens is 1. The molecule has 106 valence electrons. The van der Waals surface area contributed by atoms with Crippen LogP contribution in [0.2, 0.25) is 0 Å². The molecule has 1 aromatic heterocycles. The van der Waals surface area contributed by atoms with Crippen LogP contribution in [0, 0.1) is 0 Å². The van der Waals surface area contributed by atoms with Gasteiger partial charge in [-0.15, -0.1) is 0 Å². The second kappa shape index (κ2) is 5.92. The molecule has 4 heteroatoms. The number of hydrogen-bond acceptors (Lipinski definition) is 4. The molecule has 0 radical (unpaired) electrons. The number of benzene rings is 1. The van der Waals surface area contributed by atoms with Crippen LogP contribution in [0.15, 0.2) is 42.7 Å². The van der Waals surface area contributed by atoms with Crippen molar-refractivity contribution < 1.29 is 14.6 Å². The largest absolute Gasteiger partial charge is 0.497 e. The van der Waals surface area contributed by atoms with Crippen LogP contribution in [-0.4, -0.2) is 24.3 Å². The number of methoxy groups -OCH3 is 2. The Kier molecular flexibility index (Phi) is 4.25. The predicted molar refractivity (Wildman–Crippen MR) is 77.1 cm³/mol. The second-order valence-electron chi connectivity index (χ2n) is 4.91. The molecule has 2 aromatic rings. The van der Waals surface area contributed by atoms with E-state index in [9.17, 15) is 5.11 Å². The summed E-state index contributed by atoms with van der Waals surface area (Å²) in [5.74, 6) is 1.44. The van der Waals surface area contributed by atoms with Gasteiger partial charge in [0.1, 0.15) is 11.5 Å². The van der Waals surface area contributed by atoms with Gasteiger partial charge in [0, 0.05) is 18.2 Å². The van der Waals surface area contributed by atoms with Gasteiger partial charge in [-0.25, -0.2) is 0 Å². The Labute approximate surface area is 119 Å².